The van der Waals surface area contributed by atoms with Crippen molar-refractivity contribution in [2.75, 3.05) is 50.1 Å². The Kier molecular flexibility index (Phi) is 7.70. The number of hydrogen-bond acceptors (Lipinski definition) is 5. The Morgan fingerprint density at radius 2 is 1.77 bits per heavy atom. The zero-order valence-electron chi connectivity index (χ0n) is 17.1. The van der Waals surface area contributed by atoms with Gasteiger partial charge in [0.2, 0.25) is 5.91 Å². The SMILES string of the molecule is CC(Oc1ccc(Br)cc1)C(=O)N(C)CC(=O)Nc1ccc(N2CCOCC2)cc1. The summed E-state index contributed by atoms with van der Waals surface area (Å²) in [7, 11) is 1.59. The Bertz CT molecular complexity index is 852. The molecular formula is C22H26BrN3O4. The lowest BCUT2D eigenvalue weighted by Crippen LogP contribution is -2.42. The van der Waals surface area contributed by atoms with Crippen molar-refractivity contribution in [3.05, 3.63) is 53.0 Å². The van der Waals surface area contributed by atoms with Gasteiger partial charge in [-0.2, -0.15) is 0 Å². The van der Waals surface area contributed by atoms with E-state index in [1.165, 1.54) is 4.90 Å². The Labute approximate surface area is 185 Å². The Hall–Kier alpha value is -2.58. The largest absolute Gasteiger partial charge is 0.481 e. The maximum Gasteiger partial charge on any atom is 0.263 e. The Morgan fingerprint density at radius 1 is 1.13 bits per heavy atom. The normalized spacial score (nSPS) is 14.7. The predicted molar refractivity (Wildman–Crippen MR) is 120 cm³/mol. The van der Waals surface area contributed by atoms with E-state index in [9.17, 15) is 9.59 Å². The van der Waals surface area contributed by atoms with Crippen molar-refractivity contribution in [1.29, 1.82) is 0 Å². The summed E-state index contributed by atoms with van der Waals surface area (Å²) in [5.41, 5.74) is 1.79. The van der Waals surface area contributed by atoms with E-state index in [4.69, 9.17) is 9.47 Å². The number of anilines is 2. The van der Waals surface area contributed by atoms with Crippen molar-refractivity contribution in [1.82, 2.24) is 4.90 Å². The average molecular weight is 476 g/mol. The van der Waals surface area contributed by atoms with Crippen molar-refractivity contribution in [3.8, 4) is 5.75 Å². The van der Waals surface area contributed by atoms with Crippen molar-refractivity contribution in [2.45, 2.75) is 13.0 Å². The van der Waals surface area contributed by atoms with Gasteiger partial charge in [0.05, 0.1) is 19.8 Å². The van der Waals surface area contributed by atoms with Crippen LogP contribution in [0.4, 0.5) is 11.4 Å². The molecule has 160 valence electrons. The number of amides is 2. The first-order valence-corrected chi connectivity index (χ1v) is 10.6. The van der Waals surface area contributed by atoms with E-state index in [0.717, 1.165) is 36.5 Å². The molecule has 2 amide bonds. The van der Waals surface area contributed by atoms with Gasteiger partial charge in [0, 0.05) is 36.0 Å². The van der Waals surface area contributed by atoms with E-state index in [2.05, 4.69) is 26.1 Å². The lowest BCUT2D eigenvalue weighted by atomic mass is 10.2. The summed E-state index contributed by atoms with van der Waals surface area (Å²) in [6, 6.07) is 14.9. The third-order valence-electron chi connectivity index (χ3n) is 4.76. The highest BCUT2D eigenvalue weighted by Crippen LogP contribution is 2.19. The van der Waals surface area contributed by atoms with E-state index in [1.807, 2.05) is 36.4 Å². The third kappa shape index (κ3) is 6.21. The maximum absolute atomic E-state index is 12.5. The minimum absolute atomic E-state index is 0.0575. The lowest BCUT2D eigenvalue weighted by molar-refractivity contribution is -0.139. The number of hydrogen-bond donors (Lipinski definition) is 1. The first kappa shape index (κ1) is 22.1. The zero-order chi connectivity index (χ0) is 21.5. The molecule has 1 aliphatic heterocycles. The first-order chi connectivity index (χ1) is 14.4. The third-order valence-corrected chi connectivity index (χ3v) is 5.29. The smallest absolute Gasteiger partial charge is 0.263 e. The lowest BCUT2D eigenvalue weighted by Gasteiger charge is -2.29. The van der Waals surface area contributed by atoms with Gasteiger partial charge in [0.1, 0.15) is 5.75 Å². The fourth-order valence-electron chi connectivity index (χ4n) is 3.15. The summed E-state index contributed by atoms with van der Waals surface area (Å²) in [6.45, 7) is 4.78. The molecule has 1 N–H and O–H groups in total. The highest BCUT2D eigenvalue weighted by Gasteiger charge is 2.21. The second-order valence-corrected chi connectivity index (χ2v) is 8.02. The van der Waals surface area contributed by atoms with Gasteiger partial charge < -0.3 is 24.6 Å². The second-order valence-electron chi connectivity index (χ2n) is 7.10. The van der Waals surface area contributed by atoms with E-state index < -0.39 is 6.10 Å². The van der Waals surface area contributed by atoms with Crippen LogP contribution in [-0.4, -0.2) is 62.7 Å². The summed E-state index contributed by atoms with van der Waals surface area (Å²) in [6.07, 6.45) is -0.697. The number of rotatable bonds is 7. The molecule has 3 rings (SSSR count). The molecule has 7 nitrogen and oxygen atoms in total. The number of nitrogens with zero attached hydrogens (tertiary/aromatic N) is 2. The summed E-state index contributed by atoms with van der Waals surface area (Å²) in [5.74, 6) is 0.0637. The number of carbonyl (C=O) groups is 2. The van der Waals surface area contributed by atoms with E-state index in [1.54, 1.807) is 26.1 Å². The number of likely N-dealkylation sites (N-methyl/N-ethyl adjacent to an activating group) is 1. The molecule has 1 aliphatic rings. The van der Waals surface area contributed by atoms with E-state index in [-0.39, 0.29) is 18.4 Å². The van der Waals surface area contributed by atoms with Crippen LogP contribution in [-0.2, 0) is 14.3 Å². The second kappa shape index (κ2) is 10.4. The molecule has 2 aromatic rings. The fraction of sp³-hybridized carbons (Fsp3) is 0.364. The number of carbonyl (C=O) groups excluding carboxylic acids is 2. The molecule has 0 bridgehead atoms. The molecule has 0 spiro atoms. The molecule has 1 heterocycles. The molecule has 0 aromatic heterocycles. The molecule has 0 saturated carbocycles. The molecular weight excluding hydrogens is 450 g/mol. The predicted octanol–water partition coefficient (Wildman–Crippen LogP) is 3.15. The van der Waals surface area contributed by atoms with Crippen LogP contribution >= 0.6 is 15.9 Å². The quantitative estimate of drug-likeness (QED) is 0.665. The summed E-state index contributed by atoms with van der Waals surface area (Å²) in [4.78, 5) is 28.5. The van der Waals surface area contributed by atoms with Crippen molar-refractivity contribution in [2.24, 2.45) is 0 Å². The maximum atomic E-state index is 12.5. The van der Waals surface area contributed by atoms with Gasteiger partial charge >= 0.3 is 0 Å². The highest BCUT2D eigenvalue weighted by atomic mass is 79.9. The molecule has 0 aliphatic carbocycles. The minimum atomic E-state index is -0.697. The molecule has 1 fully saturated rings. The van der Waals surface area contributed by atoms with Crippen LogP contribution in [0, 0.1) is 0 Å². The van der Waals surface area contributed by atoms with Gasteiger partial charge in [-0.05, 0) is 55.5 Å². The van der Waals surface area contributed by atoms with E-state index in [0.29, 0.717) is 11.4 Å². The van der Waals surface area contributed by atoms with E-state index >= 15 is 0 Å². The molecule has 1 saturated heterocycles. The van der Waals surface area contributed by atoms with Gasteiger partial charge in [-0.25, -0.2) is 0 Å². The molecule has 30 heavy (non-hydrogen) atoms. The van der Waals surface area contributed by atoms with Gasteiger partial charge in [0.25, 0.3) is 5.91 Å². The molecule has 1 unspecified atom stereocenters. The van der Waals surface area contributed by atoms with Crippen LogP contribution in [0.25, 0.3) is 0 Å². The molecule has 0 radical (unpaired) electrons. The van der Waals surface area contributed by atoms with Gasteiger partial charge in [-0.15, -0.1) is 0 Å². The fourth-order valence-corrected chi connectivity index (χ4v) is 3.41. The summed E-state index contributed by atoms with van der Waals surface area (Å²) < 4.78 is 12.0. The summed E-state index contributed by atoms with van der Waals surface area (Å²) >= 11 is 3.36. The Morgan fingerprint density at radius 3 is 2.40 bits per heavy atom. The van der Waals surface area contributed by atoms with Gasteiger partial charge in [-0.1, -0.05) is 15.9 Å². The van der Waals surface area contributed by atoms with Crippen LogP contribution < -0.4 is 15.0 Å². The Balaban J connectivity index is 1.48. The number of halogens is 1. The van der Waals surface area contributed by atoms with Crippen LogP contribution in [0.3, 0.4) is 0 Å². The van der Waals surface area contributed by atoms with Crippen LogP contribution in [0.15, 0.2) is 53.0 Å². The van der Waals surface area contributed by atoms with Crippen molar-refractivity contribution >= 4 is 39.1 Å². The van der Waals surface area contributed by atoms with Crippen LogP contribution in [0.2, 0.25) is 0 Å². The van der Waals surface area contributed by atoms with Gasteiger partial charge in [0.15, 0.2) is 6.10 Å². The summed E-state index contributed by atoms with van der Waals surface area (Å²) in [5, 5.41) is 2.83. The van der Waals surface area contributed by atoms with Gasteiger partial charge in [-0.3, -0.25) is 9.59 Å². The zero-order valence-corrected chi connectivity index (χ0v) is 18.7. The number of ether oxygens (including phenoxy) is 2. The van der Waals surface area contributed by atoms with Crippen LogP contribution in [0.5, 0.6) is 5.75 Å². The highest BCUT2D eigenvalue weighted by molar-refractivity contribution is 9.10. The standard InChI is InChI=1S/C22H26BrN3O4/c1-16(30-20-9-3-17(23)4-10-20)22(28)25(2)15-21(27)24-18-5-7-19(8-6-18)26-11-13-29-14-12-26/h3-10,16H,11-15H2,1-2H3,(H,24,27). The monoisotopic (exact) mass is 475 g/mol. The molecule has 8 heteroatoms. The topological polar surface area (TPSA) is 71.1 Å². The van der Waals surface area contributed by atoms with Crippen molar-refractivity contribution < 1.29 is 19.1 Å². The molecule has 1 atom stereocenters. The average Bonchev–Trinajstić information content (AvgIpc) is 2.75. The molecule has 2 aromatic carbocycles. The first-order valence-electron chi connectivity index (χ1n) is 9.82. The number of morpholine rings is 1. The minimum Gasteiger partial charge on any atom is -0.481 e. The van der Waals surface area contributed by atoms with Crippen LogP contribution in [0.1, 0.15) is 6.92 Å². The number of nitrogens with one attached hydrogen (secondary N) is 1. The number of benzene rings is 2. The van der Waals surface area contributed by atoms with Crippen molar-refractivity contribution in [3.63, 3.8) is 0 Å².